The molecular formula is C20H18FN3O3. The van der Waals surface area contributed by atoms with Gasteiger partial charge >= 0.3 is 0 Å². The highest BCUT2D eigenvalue weighted by molar-refractivity contribution is 5.82. The van der Waals surface area contributed by atoms with Gasteiger partial charge in [-0.1, -0.05) is 18.2 Å². The summed E-state index contributed by atoms with van der Waals surface area (Å²) in [5.41, 5.74) is 0.605. The summed E-state index contributed by atoms with van der Waals surface area (Å²) in [5.74, 6) is 0.560. The van der Waals surface area contributed by atoms with Crippen molar-refractivity contribution in [3.8, 4) is 17.6 Å². The Morgan fingerprint density at radius 1 is 1.07 bits per heavy atom. The van der Waals surface area contributed by atoms with Crippen molar-refractivity contribution < 1.29 is 18.7 Å². The van der Waals surface area contributed by atoms with E-state index in [9.17, 15) is 14.4 Å². The van der Waals surface area contributed by atoms with Gasteiger partial charge in [-0.25, -0.2) is 4.39 Å². The first-order chi connectivity index (χ1) is 13.2. The summed E-state index contributed by atoms with van der Waals surface area (Å²) in [7, 11) is 0. The lowest BCUT2D eigenvalue weighted by molar-refractivity contribution is -0.141. The molecule has 0 radical (unpaired) electrons. The van der Waals surface area contributed by atoms with Crippen molar-refractivity contribution in [2.45, 2.75) is 6.10 Å². The number of nitrogens with zero attached hydrogens (tertiary/aromatic N) is 3. The average molecular weight is 367 g/mol. The van der Waals surface area contributed by atoms with Crippen LogP contribution in [0.1, 0.15) is 5.56 Å². The largest absolute Gasteiger partial charge is 0.485 e. The zero-order valence-electron chi connectivity index (χ0n) is 14.6. The number of amides is 1. The van der Waals surface area contributed by atoms with Crippen LogP contribution < -0.4 is 14.4 Å². The van der Waals surface area contributed by atoms with E-state index in [0.717, 1.165) is 0 Å². The van der Waals surface area contributed by atoms with Crippen molar-refractivity contribution >= 4 is 11.6 Å². The van der Waals surface area contributed by atoms with E-state index in [1.165, 1.54) is 6.07 Å². The molecule has 7 heteroatoms. The number of carbonyl (C=O) groups is 1. The second-order valence-corrected chi connectivity index (χ2v) is 6.42. The van der Waals surface area contributed by atoms with Crippen LogP contribution in [0, 0.1) is 17.1 Å². The zero-order chi connectivity index (χ0) is 18.8. The summed E-state index contributed by atoms with van der Waals surface area (Å²) in [6.07, 6.45) is -0.671. The predicted octanol–water partition coefficient (Wildman–Crippen LogP) is 2.19. The normalized spacial score (nSPS) is 18.7. The van der Waals surface area contributed by atoms with Crippen LogP contribution >= 0.6 is 0 Å². The second kappa shape index (κ2) is 7.16. The Kier molecular flexibility index (Phi) is 4.55. The van der Waals surface area contributed by atoms with Crippen LogP contribution in [0.5, 0.6) is 11.5 Å². The molecule has 0 aromatic heterocycles. The number of fused-ring (bicyclic) bond motifs is 1. The second-order valence-electron chi connectivity index (χ2n) is 6.42. The summed E-state index contributed by atoms with van der Waals surface area (Å²) in [6, 6.07) is 13.8. The van der Waals surface area contributed by atoms with Gasteiger partial charge in [-0.2, -0.15) is 5.26 Å². The Bertz CT molecular complexity index is 904. The van der Waals surface area contributed by atoms with Crippen molar-refractivity contribution in [3.63, 3.8) is 0 Å². The molecule has 1 amide bonds. The number of ether oxygens (including phenoxy) is 2. The third-order valence-electron chi connectivity index (χ3n) is 4.82. The van der Waals surface area contributed by atoms with E-state index >= 15 is 0 Å². The maximum absolute atomic E-state index is 13.8. The number of nitriles is 1. The van der Waals surface area contributed by atoms with E-state index in [-0.39, 0.29) is 18.1 Å². The monoisotopic (exact) mass is 367 g/mol. The van der Waals surface area contributed by atoms with E-state index in [1.54, 1.807) is 29.2 Å². The van der Waals surface area contributed by atoms with E-state index in [2.05, 4.69) is 0 Å². The molecule has 0 unspecified atom stereocenters. The Hall–Kier alpha value is -3.27. The number of hydrogen-bond donors (Lipinski definition) is 0. The molecule has 2 aliphatic rings. The van der Waals surface area contributed by atoms with E-state index in [0.29, 0.717) is 43.4 Å². The SMILES string of the molecule is N#Cc1c(F)cccc1N1CCN(C(=O)[C@H]2COc3ccccc3O2)CC1. The lowest BCUT2D eigenvalue weighted by Crippen LogP contribution is -2.54. The number of para-hydroxylation sites is 2. The molecule has 2 heterocycles. The van der Waals surface area contributed by atoms with Gasteiger partial charge in [-0.05, 0) is 24.3 Å². The molecule has 2 aliphatic heterocycles. The van der Waals surface area contributed by atoms with Crippen LogP contribution in [0.3, 0.4) is 0 Å². The molecule has 4 rings (SSSR count). The molecule has 138 valence electrons. The van der Waals surface area contributed by atoms with Gasteiger partial charge in [0.05, 0.1) is 5.69 Å². The molecule has 2 aromatic rings. The maximum Gasteiger partial charge on any atom is 0.267 e. The summed E-state index contributed by atoms with van der Waals surface area (Å²) >= 11 is 0. The quantitative estimate of drug-likeness (QED) is 0.814. The minimum Gasteiger partial charge on any atom is -0.485 e. The minimum atomic E-state index is -0.671. The lowest BCUT2D eigenvalue weighted by Gasteiger charge is -2.38. The Morgan fingerprint density at radius 2 is 1.81 bits per heavy atom. The summed E-state index contributed by atoms with van der Waals surface area (Å²) in [5, 5.41) is 9.21. The van der Waals surface area contributed by atoms with Crippen molar-refractivity contribution in [1.29, 1.82) is 5.26 Å². The van der Waals surface area contributed by atoms with Gasteiger partial charge in [-0.15, -0.1) is 0 Å². The van der Waals surface area contributed by atoms with Gasteiger partial charge in [0.2, 0.25) is 6.10 Å². The van der Waals surface area contributed by atoms with Gasteiger partial charge in [0.25, 0.3) is 5.91 Å². The fourth-order valence-electron chi connectivity index (χ4n) is 3.40. The first-order valence-corrected chi connectivity index (χ1v) is 8.78. The first-order valence-electron chi connectivity index (χ1n) is 8.78. The van der Waals surface area contributed by atoms with Gasteiger partial charge < -0.3 is 19.3 Å². The molecule has 0 saturated carbocycles. The summed E-state index contributed by atoms with van der Waals surface area (Å²) in [4.78, 5) is 16.4. The van der Waals surface area contributed by atoms with E-state index < -0.39 is 11.9 Å². The number of hydrogen-bond acceptors (Lipinski definition) is 5. The van der Waals surface area contributed by atoms with Crippen molar-refractivity contribution in [1.82, 2.24) is 4.90 Å². The number of piperazine rings is 1. The summed E-state index contributed by atoms with van der Waals surface area (Å²) in [6.45, 7) is 2.17. The topological polar surface area (TPSA) is 65.8 Å². The van der Waals surface area contributed by atoms with Gasteiger partial charge in [0.1, 0.15) is 24.1 Å². The maximum atomic E-state index is 13.8. The predicted molar refractivity (Wildman–Crippen MR) is 96.3 cm³/mol. The van der Waals surface area contributed by atoms with Gasteiger partial charge in [0, 0.05) is 26.2 Å². The molecular weight excluding hydrogens is 349 g/mol. The lowest BCUT2D eigenvalue weighted by atomic mass is 10.1. The van der Waals surface area contributed by atoms with Crippen LogP contribution in [0.15, 0.2) is 42.5 Å². The van der Waals surface area contributed by atoms with Crippen molar-refractivity contribution in [3.05, 3.63) is 53.8 Å². The fraction of sp³-hybridized carbons (Fsp3) is 0.300. The van der Waals surface area contributed by atoms with Crippen LogP contribution in [0.4, 0.5) is 10.1 Å². The number of anilines is 1. The standard InChI is InChI=1S/C20H18FN3O3/c21-15-4-3-5-16(14(15)12-22)23-8-10-24(11-9-23)20(25)19-13-26-17-6-1-2-7-18(17)27-19/h1-7,19H,8-11,13H2/t19-/m1/s1. The molecule has 27 heavy (non-hydrogen) atoms. The van der Waals surface area contributed by atoms with Crippen molar-refractivity contribution in [2.24, 2.45) is 0 Å². The first kappa shape index (κ1) is 17.2. The molecule has 2 aromatic carbocycles. The molecule has 1 saturated heterocycles. The van der Waals surface area contributed by atoms with E-state index in [4.69, 9.17) is 9.47 Å². The van der Waals surface area contributed by atoms with Gasteiger partial charge in [-0.3, -0.25) is 4.79 Å². The highest BCUT2D eigenvalue weighted by atomic mass is 19.1. The van der Waals surface area contributed by atoms with Crippen molar-refractivity contribution in [2.75, 3.05) is 37.7 Å². The smallest absolute Gasteiger partial charge is 0.267 e. The fourth-order valence-corrected chi connectivity index (χ4v) is 3.40. The minimum absolute atomic E-state index is 0.0397. The zero-order valence-corrected chi connectivity index (χ0v) is 14.6. The molecule has 6 nitrogen and oxygen atoms in total. The number of carbonyl (C=O) groups excluding carboxylic acids is 1. The molecule has 1 fully saturated rings. The molecule has 0 bridgehead atoms. The molecule has 0 N–H and O–H groups in total. The molecule has 0 aliphatic carbocycles. The van der Waals surface area contributed by atoms with Gasteiger partial charge in [0.15, 0.2) is 11.5 Å². The highest BCUT2D eigenvalue weighted by Crippen LogP contribution is 2.31. The third kappa shape index (κ3) is 3.26. The summed E-state index contributed by atoms with van der Waals surface area (Å²) < 4.78 is 25.2. The van der Waals surface area contributed by atoms with Crippen LogP contribution in [0.25, 0.3) is 0 Å². The number of halogens is 1. The average Bonchev–Trinajstić information content (AvgIpc) is 2.73. The molecule has 0 spiro atoms. The Labute approximate surface area is 156 Å². The van der Waals surface area contributed by atoms with Crippen LogP contribution in [-0.4, -0.2) is 49.7 Å². The number of rotatable bonds is 2. The van der Waals surface area contributed by atoms with Crippen LogP contribution in [-0.2, 0) is 4.79 Å². The molecule has 1 atom stereocenters. The Balaban J connectivity index is 1.41. The number of benzene rings is 2. The third-order valence-corrected chi connectivity index (χ3v) is 4.82. The highest BCUT2D eigenvalue weighted by Gasteiger charge is 2.33. The Morgan fingerprint density at radius 3 is 2.56 bits per heavy atom. The van der Waals surface area contributed by atoms with E-state index in [1.807, 2.05) is 23.1 Å². The van der Waals surface area contributed by atoms with Crippen LogP contribution in [0.2, 0.25) is 0 Å².